The average molecular weight is 301 g/mol. The Bertz CT molecular complexity index is 494. The normalized spacial score (nSPS) is 10.0. The van der Waals surface area contributed by atoms with Gasteiger partial charge in [-0.3, -0.25) is 9.59 Å². The number of halogens is 2. The molecular formula is C14H17F2NO4. The molecule has 0 unspecified atom stereocenters. The summed E-state index contributed by atoms with van der Waals surface area (Å²) in [5.74, 6) is -2.56. The Morgan fingerprint density at radius 2 is 2.05 bits per heavy atom. The molecule has 0 saturated carbocycles. The van der Waals surface area contributed by atoms with Crippen LogP contribution < -0.4 is 10.1 Å². The highest BCUT2D eigenvalue weighted by Crippen LogP contribution is 2.17. The van der Waals surface area contributed by atoms with Gasteiger partial charge in [-0.1, -0.05) is 0 Å². The topological polar surface area (TPSA) is 64.6 Å². The van der Waals surface area contributed by atoms with E-state index < -0.39 is 17.5 Å². The molecule has 21 heavy (non-hydrogen) atoms. The van der Waals surface area contributed by atoms with Crippen molar-refractivity contribution in [1.29, 1.82) is 0 Å². The van der Waals surface area contributed by atoms with E-state index in [-0.39, 0.29) is 31.3 Å². The fourth-order valence-electron chi connectivity index (χ4n) is 1.48. The summed E-state index contributed by atoms with van der Waals surface area (Å²) in [6.07, 6.45) is 0.650. The minimum Gasteiger partial charge on any atom is -0.481 e. The molecule has 1 rings (SSSR count). The molecule has 0 heterocycles. The highest BCUT2D eigenvalue weighted by molar-refractivity contribution is 5.77. The number of nitrogens with one attached hydrogen (secondary N) is 1. The maximum atomic E-state index is 13.2. The Kier molecular flexibility index (Phi) is 7.14. The van der Waals surface area contributed by atoms with Gasteiger partial charge in [0.2, 0.25) is 0 Å². The van der Waals surface area contributed by atoms with E-state index in [0.717, 1.165) is 12.1 Å². The van der Waals surface area contributed by atoms with Crippen molar-refractivity contribution in [2.75, 3.05) is 19.8 Å². The van der Waals surface area contributed by atoms with Crippen LogP contribution in [0.3, 0.4) is 0 Å². The first-order valence-corrected chi connectivity index (χ1v) is 6.53. The average Bonchev–Trinajstić information content (AvgIpc) is 2.43. The molecule has 1 aromatic carbocycles. The van der Waals surface area contributed by atoms with Crippen molar-refractivity contribution in [2.45, 2.75) is 19.8 Å². The Morgan fingerprint density at radius 3 is 2.71 bits per heavy atom. The van der Waals surface area contributed by atoms with Crippen LogP contribution >= 0.6 is 0 Å². The van der Waals surface area contributed by atoms with Gasteiger partial charge in [0.15, 0.2) is 18.2 Å². The van der Waals surface area contributed by atoms with Crippen LogP contribution in [-0.4, -0.2) is 31.6 Å². The number of benzene rings is 1. The fourth-order valence-corrected chi connectivity index (χ4v) is 1.48. The van der Waals surface area contributed by atoms with Crippen molar-refractivity contribution < 1.29 is 27.8 Å². The minimum atomic E-state index is -0.870. The monoisotopic (exact) mass is 301 g/mol. The second-order valence-corrected chi connectivity index (χ2v) is 4.12. The van der Waals surface area contributed by atoms with Crippen LogP contribution in [0.15, 0.2) is 18.2 Å². The molecule has 0 atom stereocenters. The van der Waals surface area contributed by atoms with Crippen LogP contribution in [0.4, 0.5) is 8.78 Å². The lowest BCUT2D eigenvalue weighted by atomic mass is 10.3. The Morgan fingerprint density at radius 1 is 1.29 bits per heavy atom. The summed E-state index contributed by atoms with van der Waals surface area (Å²) in [6, 6.07) is 2.82. The summed E-state index contributed by atoms with van der Waals surface area (Å²) < 4.78 is 35.5. The van der Waals surface area contributed by atoms with E-state index >= 15 is 0 Å². The van der Waals surface area contributed by atoms with E-state index in [4.69, 9.17) is 9.47 Å². The molecule has 0 radical (unpaired) electrons. The van der Waals surface area contributed by atoms with Gasteiger partial charge in [0.1, 0.15) is 5.82 Å². The van der Waals surface area contributed by atoms with Gasteiger partial charge in [-0.25, -0.2) is 8.78 Å². The van der Waals surface area contributed by atoms with Gasteiger partial charge in [-0.05, 0) is 25.5 Å². The molecule has 0 aliphatic carbocycles. The minimum absolute atomic E-state index is 0.196. The van der Waals surface area contributed by atoms with E-state index in [1.165, 1.54) is 0 Å². The molecule has 0 saturated heterocycles. The molecule has 0 fully saturated rings. The van der Waals surface area contributed by atoms with Crippen molar-refractivity contribution in [2.24, 2.45) is 0 Å². The van der Waals surface area contributed by atoms with E-state index in [2.05, 4.69) is 5.32 Å². The molecule has 5 nitrogen and oxygen atoms in total. The van der Waals surface area contributed by atoms with Crippen LogP contribution in [0.5, 0.6) is 5.75 Å². The van der Waals surface area contributed by atoms with Gasteiger partial charge in [-0.2, -0.15) is 0 Å². The van der Waals surface area contributed by atoms with Crippen molar-refractivity contribution in [3.8, 4) is 5.75 Å². The van der Waals surface area contributed by atoms with Crippen LogP contribution in [-0.2, 0) is 14.3 Å². The number of hydrogen-bond acceptors (Lipinski definition) is 4. The maximum absolute atomic E-state index is 13.2. The Hall–Kier alpha value is -2.18. The second-order valence-electron chi connectivity index (χ2n) is 4.12. The molecule has 116 valence electrons. The van der Waals surface area contributed by atoms with Crippen LogP contribution in [0.25, 0.3) is 0 Å². The Labute approximate surface area is 121 Å². The largest absolute Gasteiger partial charge is 0.481 e. The molecule has 0 aromatic heterocycles. The Balaban J connectivity index is 2.21. The molecule has 1 aromatic rings. The van der Waals surface area contributed by atoms with Gasteiger partial charge in [0.25, 0.3) is 5.91 Å². The third-order valence-electron chi connectivity index (χ3n) is 2.44. The number of esters is 1. The van der Waals surface area contributed by atoms with Crippen molar-refractivity contribution in [1.82, 2.24) is 5.32 Å². The zero-order valence-corrected chi connectivity index (χ0v) is 11.7. The molecule has 0 bridgehead atoms. The third kappa shape index (κ3) is 6.69. The van der Waals surface area contributed by atoms with Gasteiger partial charge in [0.05, 0.1) is 6.61 Å². The molecule has 1 amide bonds. The van der Waals surface area contributed by atoms with E-state index in [0.29, 0.717) is 19.1 Å². The van der Waals surface area contributed by atoms with Gasteiger partial charge >= 0.3 is 5.97 Å². The molecule has 0 aliphatic heterocycles. The second kappa shape index (κ2) is 8.89. The molecule has 1 N–H and O–H groups in total. The van der Waals surface area contributed by atoms with Crippen LogP contribution in [0.2, 0.25) is 0 Å². The SMILES string of the molecule is CCOC(=O)CCCNC(=O)COc1ccc(F)cc1F. The smallest absolute Gasteiger partial charge is 0.305 e. The number of carbonyl (C=O) groups excluding carboxylic acids is 2. The number of rotatable bonds is 8. The number of carbonyl (C=O) groups is 2. The first-order valence-electron chi connectivity index (χ1n) is 6.53. The van der Waals surface area contributed by atoms with Crippen LogP contribution in [0.1, 0.15) is 19.8 Å². The summed E-state index contributed by atoms with van der Waals surface area (Å²) >= 11 is 0. The number of hydrogen-bond donors (Lipinski definition) is 1. The van der Waals surface area contributed by atoms with E-state index in [9.17, 15) is 18.4 Å². The van der Waals surface area contributed by atoms with Crippen molar-refractivity contribution in [3.63, 3.8) is 0 Å². The molecule has 7 heteroatoms. The first-order chi connectivity index (χ1) is 10.0. The number of amides is 1. The molecular weight excluding hydrogens is 284 g/mol. The summed E-state index contributed by atoms with van der Waals surface area (Å²) in [7, 11) is 0. The zero-order chi connectivity index (χ0) is 15.7. The molecule has 0 spiro atoms. The quantitative estimate of drug-likeness (QED) is 0.587. The lowest BCUT2D eigenvalue weighted by Crippen LogP contribution is -2.30. The first kappa shape index (κ1) is 16.9. The highest BCUT2D eigenvalue weighted by Gasteiger charge is 2.08. The van der Waals surface area contributed by atoms with Gasteiger partial charge in [-0.15, -0.1) is 0 Å². The zero-order valence-electron chi connectivity index (χ0n) is 11.7. The summed E-state index contributed by atoms with van der Waals surface area (Å²) in [4.78, 5) is 22.4. The standard InChI is InChI=1S/C14H17F2NO4/c1-2-20-14(19)4-3-7-17-13(18)9-21-12-6-5-10(15)8-11(12)16/h5-6,8H,2-4,7,9H2,1H3,(H,17,18). The van der Waals surface area contributed by atoms with Gasteiger partial charge < -0.3 is 14.8 Å². The summed E-state index contributed by atoms with van der Waals surface area (Å²) in [6.45, 7) is 1.93. The fraction of sp³-hybridized carbons (Fsp3) is 0.429. The lowest BCUT2D eigenvalue weighted by molar-refractivity contribution is -0.143. The van der Waals surface area contributed by atoms with Crippen LogP contribution in [0, 0.1) is 11.6 Å². The highest BCUT2D eigenvalue weighted by atomic mass is 19.1. The van der Waals surface area contributed by atoms with E-state index in [1.807, 2.05) is 0 Å². The summed E-state index contributed by atoms with van der Waals surface area (Å²) in [5.41, 5.74) is 0. The van der Waals surface area contributed by atoms with E-state index in [1.54, 1.807) is 6.92 Å². The molecule has 0 aliphatic rings. The van der Waals surface area contributed by atoms with Gasteiger partial charge in [0, 0.05) is 19.0 Å². The number of ether oxygens (including phenoxy) is 2. The lowest BCUT2D eigenvalue weighted by Gasteiger charge is -2.08. The summed E-state index contributed by atoms with van der Waals surface area (Å²) in [5, 5.41) is 2.51. The predicted molar refractivity (Wildman–Crippen MR) is 70.7 cm³/mol. The van der Waals surface area contributed by atoms with Crippen molar-refractivity contribution >= 4 is 11.9 Å². The van der Waals surface area contributed by atoms with Crippen molar-refractivity contribution in [3.05, 3.63) is 29.8 Å². The third-order valence-corrected chi connectivity index (χ3v) is 2.44. The maximum Gasteiger partial charge on any atom is 0.305 e. The predicted octanol–water partition coefficient (Wildman–Crippen LogP) is 1.80.